The maximum absolute atomic E-state index is 6.06. The zero-order valence-corrected chi connectivity index (χ0v) is 10.7. The average molecular weight is 237 g/mol. The Kier molecular flexibility index (Phi) is 3.49. The van der Waals surface area contributed by atoms with E-state index in [0.717, 1.165) is 6.54 Å². The Bertz CT molecular complexity index is 352. The van der Waals surface area contributed by atoms with Crippen LogP contribution >= 0.6 is 11.3 Å². The minimum absolute atomic E-state index is 0.393. The van der Waals surface area contributed by atoms with Gasteiger partial charge in [-0.25, -0.2) is 4.99 Å². The standard InChI is InChI=1S/C12H19N3S/c1-9(2)15(8-11-4-3-7-16-11)12(13)14-10-5-6-10/h3-4,7,9-10H,5-6,8H2,1-2H3,(H2,13,14). The minimum atomic E-state index is 0.393. The molecule has 2 N–H and O–H groups in total. The lowest BCUT2D eigenvalue weighted by Crippen LogP contribution is -2.41. The molecule has 1 aromatic heterocycles. The highest BCUT2D eigenvalue weighted by atomic mass is 32.1. The van der Waals surface area contributed by atoms with Crippen LogP contribution < -0.4 is 5.73 Å². The Morgan fingerprint density at radius 3 is 2.88 bits per heavy atom. The third-order valence-electron chi connectivity index (χ3n) is 2.69. The van der Waals surface area contributed by atoms with Gasteiger partial charge in [-0.2, -0.15) is 0 Å². The molecule has 0 amide bonds. The van der Waals surface area contributed by atoms with Crippen molar-refractivity contribution in [1.29, 1.82) is 0 Å². The van der Waals surface area contributed by atoms with E-state index in [2.05, 4.69) is 41.3 Å². The highest BCUT2D eigenvalue weighted by Gasteiger charge is 2.22. The molecule has 0 saturated heterocycles. The quantitative estimate of drug-likeness (QED) is 0.645. The maximum atomic E-state index is 6.06. The van der Waals surface area contributed by atoms with Crippen molar-refractivity contribution in [2.45, 2.75) is 45.3 Å². The first-order chi connectivity index (χ1) is 7.66. The number of nitrogens with zero attached hydrogens (tertiary/aromatic N) is 2. The summed E-state index contributed by atoms with van der Waals surface area (Å²) in [4.78, 5) is 8.02. The van der Waals surface area contributed by atoms with Crippen molar-refractivity contribution in [3.8, 4) is 0 Å². The molecule has 0 spiro atoms. The van der Waals surface area contributed by atoms with Crippen LogP contribution in [0.5, 0.6) is 0 Å². The van der Waals surface area contributed by atoms with Crippen molar-refractivity contribution in [1.82, 2.24) is 4.90 Å². The van der Waals surface area contributed by atoms with E-state index in [-0.39, 0.29) is 0 Å². The molecule has 88 valence electrons. The normalized spacial score (nSPS) is 16.8. The van der Waals surface area contributed by atoms with Crippen molar-refractivity contribution >= 4 is 17.3 Å². The van der Waals surface area contributed by atoms with Crippen LogP contribution in [0.3, 0.4) is 0 Å². The summed E-state index contributed by atoms with van der Waals surface area (Å²) < 4.78 is 0. The summed E-state index contributed by atoms with van der Waals surface area (Å²) in [5.41, 5.74) is 6.06. The van der Waals surface area contributed by atoms with Crippen LogP contribution in [0.2, 0.25) is 0 Å². The Morgan fingerprint density at radius 2 is 2.38 bits per heavy atom. The van der Waals surface area contributed by atoms with Crippen molar-refractivity contribution in [3.05, 3.63) is 22.4 Å². The second kappa shape index (κ2) is 4.87. The van der Waals surface area contributed by atoms with Gasteiger partial charge in [-0.3, -0.25) is 0 Å². The number of rotatable bonds is 4. The van der Waals surface area contributed by atoms with E-state index in [9.17, 15) is 0 Å². The maximum Gasteiger partial charge on any atom is 0.192 e. The summed E-state index contributed by atoms with van der Waals surface area (Å²) in [5, 5.41) is 2.10. The SMILES string of the molecule is CC(C)N(Cc1cccs1)C(N)=NC1CC1. The molecule has 2 rings (SSSR count). The van der Waals surface area contributed by atoms with Crippen LogP contribution in [0.1, 0.15) is 31.6 Å². The predicted molar refractivity (Wildman–Crippen MR) is 69.6 cm³/mol. The van der Waals surface area contributed by atoms with Gasteiger partial charge in [-0.1, -0.05) is 6.07 Å². The molecule has 4 heteroatoms. The topological polar surface area (TPSA) is 41.6 Å². The Hall–Kier alpha value is -1.03. The monoisotopic (exact) mass is 237 g/mol. The van der Waals surface area contributed by atoms with Gasteiger partial charge in [0.25, 0.3) is 0 Å². The molecule has 1 aliphatic rings. The molecular formula is C12H19N3S. The van der Waals surface area contributed by atoms with E-state index in [1.54, 1.807) is 11.3 Å². The second-order valence-corrected chi connectivity index (χ2v) is 5.55. The molecule has 0 radical (unpaired) electrons. The van der Waals surface area contributed by atoms with Crippen molar-refractivity contribution in [3.63, 3.8) is 0 Å². The molecular weight excluding hydrogens is 218 g/mol. The van der Waals surface area contributed by atoms with Crippen LogP contribution in [0, 0.1) is 0 Å². The molecule has 16 heavy (non-hydrogen) atoms. The molecule has 0 aromatic carbocycles. The summed E-state index contributed by atoms with van der Waals surface area (Å²) in [6, 6.07) is 5.10. The Balaban J connectivity index is 2.04. The van der Waals surface area contributed by atoms with Crippen LogP contribution in [0.25, 0.3) is 0 Å². The lowest BCUT2D eigenvalue weighted by atomic mass is 10.3. The highest BCUT2D eigenvalue weighted by Crippen LogP contribution is 2.24. The minimum Gasteiger partial charge on any atom is -0.370 e. The van der Waals surface area contributed by atoms with Crippen LogP contribution in [0.4, 0.5) is 0 Å². The number of aliphatic imine (C=N–C) groups is 1. The molecule has 1 fully saturated rings. The highest BCUT2D eigenvalue weighted by molar-refractivity contribution is 7.09. The summed E-state index contributed by atoms with van der Waals surface area (Å²) in [6.07, 6.45) is 2.40. The van der Waals surface area contributed by atoms with Gasteiger partial charge in [0.2, 0.25) is 0 Å². The lowest BCUT2D eigenvalue weighted by Gasteiger charge is -2.27. The van der Waals surface area contributed by atoms with Crippen molar-refractivity contribution in [2.24, 2.45) is 10.7 Å². The number of hydrogen-bond acceptors (Lipinski definition) is 2. The van der Waals surface area contributed by atoms with Gasteiger partial charge in [-0.15, -0.1) is 11.3 Å². The van der Waals surface area contributed by atoms with E-state index in [0.29, 0.717) is 18.0 Å². The third-order valence-corrected chi connectivity index (χ3v) is 3.55. The smallest absolute Gasteiger partial charge is 0.192 e. The summed E-state index contributed by atoms with van der Waals surface area (Å²) >= 11 is 1.77. The molecule has 0 bridgehead atoms. The van der Waals surface area contributed by atoms with E-state index in [1.807, 2.05) is 0 Å². The van der Waals surface area contributed by atoms with Gasteiger partial charge in [0, 0.05) is 10.9 Å². The molecule has 1 aromatic rings. The largest absolute Gasteiger partial charge is 0.370 e. The fraction of sp³-hybridized carbons (Fsp3) is 0.583. The fourth-order valence-corrected chi connectivity index (χ4v) is 2.27. The Morgan fingerprint density at radius 1 is 1.62 bits per heavy atom. The number of thiophene rings is 1. The van der Waals surface area contributed by atoms with Gasteiger partial charge in [-0.05, 0) is 38.1 Å². The Labute approximate surface area is 101 Å². The summed E-state index contributed by atoms with van der Waals surface area (Å²) in [6.45, 7) is 5.18. The van der Waals surface area contributed by atoms with Crippen molar-refractivity contribution < 1.29 is 0 Å². The van der Waals surface area contributed by atoms with E-state index in [4.69, 9.17) is 5.73 Å². The second-order valence-electron chi connectivity index (χ2n) is 4.52. The summed E-state index contributed by atoms with van der Waals surface area (Å²) in [7, 11) is 0. The van der Waals surface area contributed by atoms with Gasteiger partial charge in [0.15, 0.2) is 5.96 Å². The first kappa shape index (κ1) is 11.5. The zero-order chi connectivity index (χ0) is 11.5. The fourth-order valence-electron chi connectivity index (χ4n) is 1.56. The zero-order valence-electron chi connectivity index (χ0n) is 9.89. The predicted octanol–water partition coefficient (Wildman–Crippen LogP) is 2.44. The molecule has 0 atom stereocenters. The third kappa shape index (κ3) is 2.98. The number of nitrogens with two attached hydrogens (primary N) is 1. The lowest BCUT2D eigenvalue weighted by molar-refractivity contribution is 0.340. The van der Waals surface area contributed by atoms with E-state index < -0.39 is 0 Å². The molecule has 0 unspecified atom stereocenters. The summed E-state index contributed by atoms with van der Waals surface area (Å²) in [5.74, 6) is 0.700. The molecule has 1 heterocycles. The van der Waals surface area contributed by atoms with E-state index in [1.165, 1.54) is 17.7 Å². The van der Waals surface area contributed by atoms with Crippen LogP contribution in [0.15, 0.2) is 22.5 Å². The van der Waals surface area contributed by atoms with Crippen molar-refractivity contribution in [2.75, 3.05) is 0 Å². The van der Waals surface area contributed by atoms with E-state index >= 15 is 0 Å². The molecule has 1 aliphatic carbocycles. The molecule has 0 aliphatic heterocycles. The molecule has 3 nitrogen and oxygen atoms in total. The van der Waals surface area contributed by atoms with Crippen LogP contribution in [-0.2, 0) is 6.54 Å². The number of hydrogen-bond donors (Lipinski definition) is 1. The van der Waals surface area contributed by atoms with Gasteiger partial charge in [0.05, 0.1) is 12.6 Å². The van der Waals surface area contributed by atoms with Crippen LogP contribution in [-0.4, -0.2) is 22.9 Å². The number of guanidine groups is 1. The first-order valence-electron chi connectivity index (χ1n) is 5.79. The average Bonchev–Trinajstić information content (AvgIpc) is 2.89. The van der Waals surface area contributed by atoms with Gasteiger partial charge < -0.3 is 10.6 Å². The van der Waals surface area contributed by atoms with Gasteiger partial charge in [0.1, 0.15) is 0 Å². The first-order valence-corrected chi connectivity index (χ1v) is 6.67. The molecule has 1 saturated carbocycles. The van der Waals surface area contributed by atoms with Gasteiger partial charge >= 0.3 is 0 Å².